The van der Waals surface area contributed by atoms with Gasteiger partial charge in [0.15, 0.2) is 0 Å². The molecule has 1 aliphatic heterocycles. The highest BCUT2D eigenvalue weighted by atomic mass is 16.6. The van der Waals surface area contributed by atoms with Crippen LogP contribution < -0.4 is 5.32 Å². The molecule has 1 fully saturated rings. The van der Waals surface area contributed by atoms with Gasteiger partial charge in [-0.15, -0.1) is 0 Å². The van der Waals surface area contributed by atoms with Gasteiger partial charge in [0, 0.05) is 32.2 Å². The zero-order valence-corrected chi connectivity index (χ0v) is 8.66. The van der Waals surface area contributed by atoms with Crippen LogP contribution in [0, 0.1) is 6.92 Å². The van der Waals surface area contributed by atoms with Crippen molar-refractivity contribution in [3.63, 3.8) is 0 Å². The molecule has 0 amide bonds. The summed E-state index contributed by atoms with van der Waals surface area (Å²) in [6, 6.07) is 0.555. The summed E-state index contributed by atoms with van der Waals surface area (Å²) in [4.78, 5) is 2.39. The third-order valence-electron chi connectivity index (χ3n) is 2.74. The Hall–Kier alpha value is -0.940. The lowest BCUT2D eigenvalue weighted by atomic mass is 10.2. The first-order chi connectivity index (χ1) is 6.77. The summed E-state index contributed by atoms with van der Waals surface area (Å²) < 4.78 is 4.68. The van der Waals surface area contributed by atoms with E-state index in [-0.39, 0.29) is 0 Å². The largest absolute Gasteiger partial charge is 0.314 e. The van der Waals surface area contributed by atoms with Crippen LogP contribution in [0.4, 0.5) is 0 Å². The summed E-state index contributed by atoms with van der Waals surface area (Å²) in [6.07, 6.45) is 0. The Labute approximate surface area is 83.4 Å². The van der Waals surface area contributed by atoms with Crippen molar-refractivity contribution >= 4 is 0 Å². The monoisotopic (exact) mass is 196 g/mol. The molecule has 0 saturated carbocycles. The third kappa shape index (κ3) is 1.93. The van der Waals surface area contributed by atoms with Crippen LogP contribution >= 0.6 is 0 Å². The van der Waals surface area contributed by atoms with Crippen LogP contribution in [0.3, 0.4) is 0 Å². The maximum Gasteiger partial charge on any atom is 0.122 e. The van der Waals surface area contributed by atoms with E-state index in [1.54, 1.807) is 0 Å². The van der Waals surface area contributed by atoms with E-state index in [1.165, 1.54) is 0 Å². The average molecular weight is 196 g/mol. The lowest BCUT2D eigenvalue weighted by Gasteiger charge is -2.33. The molecule has 0 aromatic carbocycles. The molecule has 2 heterocycles. The van der Waals surface area contributed by atoms with Crippen molar-refractivity contribution in [3.05, 3.63) is 11.4 Å². The quantitative estimate of drug-likeness (QED) is 0.731. The Morgan fingerprint density at radius 2 is 2.43 bits per heavy atom. The first-order valence-corrected chi connectivity index (χ1v) is 5.00. The molecule has 1 saturated heterocycles. The second-order valence-electron chi connectivity index (χ2n) is 3.82. The van der Waals surface area contributed by atoms with Crippen molar-refractivity contribution < 1.29 is 4.63 Å². The number of nitrogens with zero attached hydrogens (tertiary/aromatic N) is 3. The van der Waals surface area contributed by atoms with Crippen molar-refractivity contribution in [3.8, 4) is 0 Å². The molecule has 1 atom stereocenters. The molecule has 0 bridgehead atoms. The van der Waals surface area contributed by atoms with Gasteiger partial charge in [0.25, 0.3) is 0 Å². The highest BCUT2D eigenvalue weighted by Gasteiger charge is 2.20. The van der Waals surface area contributed by atoms with E-state index in [2.05, 4.69) is 32.1 Å². The van der Waals surface area contributed by atoms with Crippen molar-refractivity contribution in [2.45, 2.75) is 26.4 Å². The smallest absolute Gasteiger partial charge is 0.122 e. The van der Waals surface area contributed by atoms with Crippen LogP contribution in [-0.4, -0.2) is 40.9 Å². The summed E-state index contributed by atoms with van der Waals surface area (Å²) >= 11 is 0. The topological polar surface area (TPSA) is 54.2 Å². The average Bonchev–Trinajstić information content (AvgIpc) is 2.56. The second kappa shape index (κ2) is 4.06. The second-order valence-corrected chi connectivity index (χ2v) is 3.82. The molecular weight excluding hydrogens is 180 g/mol. The van der Waals surface area contributed by atoms with Crippen LogP contribution in [0.1, 0.15) is 18.3 Å². The normalized spacial score (nSPS) is 24.0. The van der Waals surface area contributed by atoms with Gasteiger partial charge in [-0.2, -0.15) is 0 Å². The van der Waals surface area contributed by atoms with Crippen LogP contribution in [0.2, 0.25) is 0 Å². The van der Waals surface area contributed by atoms with Gasteiger partial charge in [-0.3, -0.25) is 4.90 Å². The van der Waals surface area contributed by atoms with Gasteiger partial charge in [0.2, 0.25) is 0 Å². The molecule has 0 unspecified atom stereocenters. The van der Waals surface area contributed by atoms with Gasteiger partial charge in [0.1, 0.15) is 11.4 Å². The van der Waals surface area contributed by atoms with E-state index in [0.717, 1.165) is 37.6 Å². The summed E-state index contributed by atoms with van der Waals surface area (Å²) in [5.74, 6) is 0. The molecule has 1 aromatic heterocycles. The first kappa shape index (κ1) is 9.61. The van der Waals surface area contributed by atoms with Crippen LogP contribution in [-0.2, 0) is 6.54 Å². The van der Waals surface area contributed by atoms with Crippen molar-refractivity contribution in [1.82, 2.24) is 20.5 Å². The summed E-state index contributed by atoms with van der Waals surface area (Å²) in [7, 11) is 0. The molecule has 1 aromatic rings. The summed E-state index contributed by atoms with van der Waals surface area (Å²) in [6.45, 7) is 8.15. The molecule has 1 N–H and O–H groups in total. The van der Waals surface area contributed by atoms with E-state index >= 15 is 0 Å². The minimum Gasteiger partial charge on any atom is -0.314 e. The number of hydrogen-bond donors (Lipinski definition) is 1. The number of nitrogens with one attached hydrogen (secondary N) is 1. The predicted octanol–water partition coefficient (Wildman–Crippen LogP) is 0.172. The lowest BCUT2D eigenvalue weighted by molar-refractivity contribution is 0.160. The highest BCUT2D eigenvalue weighted by Crippen LogP contribution is 2.10. The zero-order valence-electron chi connectivity index (χ0n) is 8.66. The van der Waals surface area contributed by atoms with Gasteiger partial charge in [-0.05, 0) is 13.8 Å². The Bertz CT molecular complexity index is 299. The molecule has 14 heavy (non-hydrogen) atoms. The van der Waals surface area contributed by atoms with E-state index < -0.39 is 0 Å². The number of rotatable bonds is 2. The summed E-state index contributed by atoms with van der Waals surface area (Å²) in [5.41, 5.74) is 1.86. The minimum atomic E-state index is 0.555. The maximum absolute atomic E-state index is 4.68. The maximum atomic E-state index is 4.68. The Kier molecular flexibility index (Phi) is 2.79. The van der Waals surface area contributed by atoms with E-state index in [4.69, 9.17) is 0 Å². The SMILES string of the molecule is Cc1nonc1CN1CCNC[C@H]1C. The molecule has 0 spiro atoms. The molecule has 0 aliphatic carbocycles. The Morgan fingerprint density at radius 1 is 1.57 bits per heavy atom. The summed E-state index contributed by atoms with van der Waals surface area (Å²) in [5, 5.41) is 11.0. The number of hydrogen-bond acceptors (Lipinski definition) is 5. The molecular formula is C9H16N4O. The Balaban J connectivity index is 1.99. The van der Waals surface area contributed by atoms with Gasteiger partial charge in [-0.1, -0.05) is 10.3 Å². The molecule has 5 heteroatoms. The fourth-order valence-electron chi connectivity index (χ4n) is 1.70. The Morgan fingerprint density at radius 3 is 3.07 bits per heavy atom. The fraction of sp³-hybridized carbons (Fsp3) is 0.778. The van der Waals surface area contributed by atoms with Crippen LogP contribution in [0.5, 0.6) is 0 Å². The lowest BCUT2D eigenvalue weighted by Crippen LogP contribution is -2.49. The van der Waals surface area contributed by atoms with E-state index in [0.29, 0.717) is 6.04 Å². The molecule has 78 valence electrons. The van der Waals surface area contributed by atoms with E-state index in [1.807, 2.05) is 6.92 Å². The van der Waals surface area contributed by atoms with Crippen LogP contribution in [0.25, 0.3) is 0 Å². The van der Waals surface area contributed by atoms with Crippen molar-refractivity contribution in [2.75, 3.05) is 19.6 Å². The van der Waals surface area contributed by atoms with Crippen LogP contribution in [0.15, 0.2) is 4.63 Å². The fourth-order valence-corrected chi connectivity index (χ4v) is 1.70. The van der Waals surface area contributed by atoms with Gasteiger partial charge < -0.3 is 5.32 Å². The van der Waals surface area contributed by atoms with Gasteiger partial charge >= 0.3 is 0 Å². The standard InChI is InChI=1S/C9H16N4O/c1-7-5-10-3-4-13(7)6-9-8(2)11-14-12-9/h7,10H,3-6H2,1-2H3/t7-/m1/s1. The number of aryl methyl sites for hydroxylation is 1. The highest BCUT2D eigenvalue weighted by molar-refractivity contribution is 5.04. The van der Waals surface area contributed by atoms with Crippen molar-refractivity contribution in [2.24, 2.45) is 0 Å². The van der Waals surface area contributed by atoms with Gasteiger partial charge in [0.05, 0.1) is 0 Å². The van der Waals surface area contributed by atoms with Gasteiger partial charge in [-0.25, -0.2) is 4.63 Å². The predicted molar refractivity (Wildman–Crippen MR) is 51.8 cm³/mol. The number of piperazine rings is 1. The molecule has 5 nitrogen and oxygen atoms in total. The first-order valence-electron chi connectivity index (χ1n) is 5.00. The van der Waals surface area contributed by atoms with Crippen molar-refractivity contribution in [1.29, 1.82) is 0 Å². The zero-order chi connectivity index (χ0) is 9.97. The molecule has 0 radical (unpaired) electrons. The van der Waals surface area contributed by atoms with E-state index in [9.17, 15) is 0 Å². The minimum absolute atomic E-state index is 0.555. The third-order valence-corrected chi connectivity index (χ3v) is 2.74. The number of aromatic nitrogens is 2. The molecule has 1 aliphatic rings. The molecule has 2 rings (SSSR count).